The van der Waals surface area contributed by atoms with Crippen LogP contribution < -0.4 is 10.5 Å². The van der Waals surface area contributed by atoms with E-state index in [2.05, 4.69) is 58.4 Å². The number of hydrogen-bond acceptors (Lipinski definition) is 4. The molecule has 2 N–H and O–H groups in total. The zero-order valence-corrected chi connectivity index (χ0v) is 21.2. The van der Waals surface area contributed by atoms with Crippen molar-refractivity contribution >= 4 is 22.5 Å². The van der Waals surface area contributed by atoms with E-state index in [1.807, 2.05) is 35.4 Å². The van der Waals surface area contributed by atoms with Gasteiger partial charge in [-0.05, 0) is 61.7 Å². The van der Waals surface area contributed by atoms with Crippen LogP contribution in [0.25, 0.3) is 27.9 Å². The monoisotopic (exact) mass is 493 g/mol. The summed E-state index contributed by atoms with van der Waals surface area (Å²) in [5, 5.41) is 1.17. The van der Waals surface area contributed by atoms with Crippen LogP contribution in [0.2, 0.25) is 0 Å². The fourth-order valence-electron chi connectivity index (χ4n) is 5.41. The number of aromatic nitrogens is 3. The van der Waals surface area contributed by atoms with Crippen LogP contribution in [-0.4, -0.2) is 51.0 Å². The lowest BCUT2D eigenvalue weighted by Gasteiger charge is -2.30. The molecule has 0 spiro atoms. The minimum Gasteiger partial charge on any atom is -0.497 e. The van der Waals surface area contributed by atoms with Crippen molar-refractivity contribution in [3.8, 4) is 17.1 Å². The van der Waals surface area contributed by atoms with Gasteiger partial charge in [-0.2, -0.15) is 0 Å². The number of imidazole rings is 1. The van der Waals surface area contributed by atoms with Crippen molar-refractivity contribution < 1.29 is 9.53 Å². The number of para-hydroxylation sites is 1. The first-order chi connectivity index (χ1) is 18.0. The molecule has 3 aromatic heterocycles. The lowest BCUT2D eigenvalue weighted by Crippen LogP contribution is -2.45. The van der Waals surface area contributed by atoms with Crippen molar-refractivity contribution in [1.29, 1.82) is 0 Å². The van der Waals surface area contributed by atoms with E-state index in [4.69, 9.17) is 15.5 Å². The molecule has 0 bridgehead atoms. The third-order valence-electron chi connectivity index (χ3n) is 7.41. The minimum atomic E-state index is 0.0217. The summed E-state index contributed by atoms with van der Waals surface area (Å²) in [6, 6.07) is 22.6. The molecule has 7 heteroatoms. The van der Waals surface area contributed by atoms with Crippen LogP contribution in [0.3, 0.4) is 0 Å². The molecule has 6 rings (SSSR count). The molecule has 5 aromatic rings. The van der Waals surface area contributed by atoms with Gasteiger partial charge in [0.25, 0.3) is 5.91 Å². The van der Waals surface area contributed by atoms with Crippen LogP contribution in [0, 0.1) is 6.92 Å². The number of likely N-dealkylation sites (tertiary alicyclic amines) is 1. The predicted octanol–water partition coefficient (Wildman–Crippen LogP) is 4.88. The van der Waals surface area contributed by atoms with Gasteiger partial charge in [0.1, 0.15) is 17.1 Å². The lowest BCUT2D eigenvalue weighted by molar-refractivity contribution is 0.0709. The number of carbonyl (C=O) groups is 1. The lowest BCUT2D eigenvalue weighted by atomic mass is 10.1. The van der Waals surface area contributed by atoms with Gasteiger partial charge in [-0.1, -0.05) is 30.3 Å². The highest BCUT2D eigenvalue weighted by Gasteiger charge is 2.24. The normalized spacial score (nSPS) is 16.0. The summed E-state index contributed by atoms with van der Waals surface area (Å²) >= 11 is 0. The van der Waals surface area contributed by atoms with Gasteiger partial charge in [0.15, 0.2) is 0 Å². The zero-order valence-electron chi connectivity index (χ0n) is 21.2. The molecular weight excluding hydrogens is 462 g/mol. The molecule has 1 aliphatic rings. The fraction of sp³-hybridized carbons (Fsp3) is 0.267. The summed E-state index contributed by atoms with van der Waals surface area (Å²) in [7, 11) is 1.68. The number of hydrogen-bond donors (Lipinski definition) is 1. The first-order valence-electron chi connectivity index (χ1n) is 12.8. The highest BCUT2D eigenvalue weighted by atomic mass is 16.5. The van der Waals surface area contributed by atoms with Crippen LogP contribution in [0.5, 0.6) is 5.75 Å². The average molecular weight is 494 g/mol. The summed E-state index contributed by atoms with van der Waals surface area (Å²) in [5.41, 5.74) is 12.9. The standard InChI is InChI=1S/C30H31N5O2/c1-20-29(32-28-17-23(13-15-34(20)28)30(36)33-14-5-7-24(31)19-33)27-16-22-6-3-4-8-26(22)35(27)18-21-9-11-25(37-2)12-10-21/h3-4,6,8-13,15-17,24H,5,7,14,18-19,31H2,1-2H3/t24-/m1/s1. The second-order valence-electron chi connectivity index (χ2n) is 9.87. The van der Waals surface area contributed by atoms with Crippen molar-refractivity contribution in [1.82, 2.24) is 18.9 Å². The van der Waals surface area contributed by atoms with Crippen molar-refractivity contribution in [2.24, 2.45) is 5.73 Å². The van der Waals surface area contributed by atoms with Gasteiger partial charge >= 0.3 is 0 Å². The topological polar surface area (TPSA) is 77.8 Å². The number of benzene rings is 2. The molecule has 0 unspecified atom stereocenters. The Hall–Kier alpha value is -4.10. The smallest absolute Gasteiger partial charge is 0.254 e. The summed E-state index contributed by atoms with van der Waals surface area (Å²) in [5.74, 6) is 0.864. The van der Waals surface area contributed by atoms with Gasteiger partial charge in [0.2, 0.25) is 0 Å². The molecule has 37 heavy (non-hydrogen) atoms. The second-order valence-corrected chi connectivity index (χ2v) is 9.87. The first kappa shape index (κ1) is 23.3. The molecule has 4 heterocycles. The Balaban J connectivity index is 1.41. The van der Waals surface area contributed by atoms with Gasteiger partial charge in [0.05, 0.1) is 12.8 Å². The summed E-state index contributed by atoms with van der Waals surface area (Å²) in [4.78, 5) is 20.1. The number of aryl methyl sites for hydroxylation is 1. The van der Waals surface area contributed by atoms with Crippen LogP contribution in [-0.2, 0) is 6.54 Å². The molecule has 1 saturated heterocycles. The van der Waals surface area contributed by atoms with Gasteiger partial charge in [-0.25, -0.2) is 4.98 Å². The molecule has 1 fully saturated rings. The maximum atomic E-state index is 13.2. The summed E-state index contributed by atoms with van der Waals surface area (Å²) in [6.45, 7) is 4.14. The third kappa shape index (κ3) is 4.25. The van der Waals surface area contributed by atoms with Crippen LogP contribution in [0.4, 0.5) is 0 Å². The number of ether oxygens (including phenoxy) is 1. The Morgan fingerprint density at radius 3 is 2.70 bits per heavy atom. The number of pyridine rings is 1. The predicted molar refractivity (Wildman–Crippen MR) is 146 cm³/mol. The number of fused-ring (bicyclic) bond motifs is 2. The molecule has 0 radical (unpaired) electrons. The quantitative estimate of drug-likeness (QED) is 0.378. The van der Waals surface area contributed by atoms with Crippen molar-refractivity contribution in [3.05, 3.63) is 89.7 Å². The van der Waals surface area contributed by atoms with Gasteiger partial charge < -0.3 is 24.3 Å². The molecular formula is C30H31N5O2. The van der Waals surface area contributed by atoms with E-state index in [1.54, 1.807) is 7.11 Å². The summed E-state index contributed by atoms with van der Waals surface area (Å²) < 4.78 is 9.71. The van der Waals surface area contributed by atoms with E-state index in [-0.39, 0.29) is 11.9 Å². The van der Waals surface area contributed by atoms with E-state index < -0.39 is 0 Å². The van der Waals surface area contributed by atoms with Crippen LogP contribution >= 0.6 is 0 Å². The average Bonchev–Trinajstić information content (AvgIpc) is 3.45. The number of nitrogens with two attached hydrogens (primary N) is 1. The van der Waals surface area contributed by atoms with Gasteiger partial charge in [0, 0.05) is 54.0 Å². The highest BCUT2D eigenvalue weighted by Crippen LogP contribution is 2.32. The van der Waals surface area contributed by atoms with E-state index in [0.29, 0.717) is 18.7 Å². The molecule has 188 valence electrons. The Morgan fingerprint density at radius 2 is 1.92 bits per heavy atom. The van der Waals surface area contributed by atoms with E-state index in [9.17, 15) is 4.79 Å². The molecule has 2 aromatic carbocycles. The maximum Gasteiger partial charge on any atom is 0.254 e. The number of methoxy groups -OCH3 is 1. The summed E-state index contributed by atoms with van der Waals surface area (Å²) in [6.07, 6.45) is 3.87. The van der Waals surface area contributed by atoms with Gasteiger partial charge in [-0.15, -0.1) is 0 Å². The SMILES string of the molecule is COc1ccc(Cn2c(-c3nc4cc(C(=O)N5CCC[C@@H](N)C5)ccn4c3C)cc3ccccc32)cc1. The van der Waals surface area contributed by atoms with Crippen molar-refractivity contribution in [3.63, 3.8) is 0 Å². The Morgan fingerprint density at radius 1 is 1.11 bits per heavy atom. The Bertz CT molecular complexity index is 1600. The number of nitrogens with zero attached hydrogens (tertiary/aromatic N) is 4. The Labute approximate surface area is 216 Å². The molecule has 1 atom stereocenters. The highest BCUT2D eigenvalue weighted by molar-refractivity contribution is 5.95. The third-order valence-corrected chi connectivity index (χ3v) is 7.41. The van der Waals surface area contributed by atoms with E-state index in [1.165, 1.54) is 10.9 Å². The second kappa shape index (κ2) is 9.41. The number of rotatable bonds is 5. The number of amides is 1. The van der Waals surface area contributed by atoms with Crippen molar-refractivity contribution in [2.45, 2.75) is 32.4 Å². The Kier molecular flexibility index (Phi) is 5.93. The number of carbonyl (C=O) groups excluding carboxylic acids is 1. The fourth-order valence-corrected chi connectivity index (χ4v) is 5.41. The first-order valence-corrected chi connectivity index (χ1v) is 12.8. The maximum absolute atomic E-state index is 13.2. The van der Waals surface area contributed by atoms with Crippen LogP contribution in [0.15, 0.2) is 72.9 Å². The largest absolute Gasteiger partial charge is 0.497 e. The van der Waals surface area contributed by atoms with E-state index in [0.717, 1.165) is 53.4 Å². The zero-order chi connectivity index (χ0) is 25.5. The molecule has 1 amide bonds. The van der Waals surface area contributed by atoms with E-state index >= 15 is 0 Å². The van der Waals surface area contributed by atoms with Crippen molar-refractivity contribution in [2.75, 3.05) is 20.2 Å². The molecule has 0 aliphatic carbocycles. The minimum absolute atomic E-state index is 0.0217. The molecule has 0 saturated carbocycles. The van der Waals surface area contributed by atoms with Crippen LogP contribution in [0.1, 0.15) is 34.5 Å². The number of piperidine rings is 1. The molecule has 7 nitrogen and oxygen atoms in total. The molecule has 1 aliphatic heterocycles. The van der Waals surface area contributed by atoms with Gasteiger partial charge in [-0.3, -0.25) is 4.79 Å².